The second kappa shape index (κ2) is 5.66. The summed E-state index contributed by atoms with van der Waals surface area (Å²) < 4.78 is 1.98. The quantitative estimate of drug-likeness (QED) is 0.838. The van der Waals surface area contributed by atoms with E-state index in [0.29, 0.717) is 0 Å². The van der Waals surface area contributed by atoms with Crippen molar-refractivity contribution in [1.29, 1.82) is 0 Å². The highest BCUT2D eigenvalue weighted by Crippen LogP contribution is 2.14. The molecule has 0 unspecified atom stereocenters. The SMILES string of the molecule is Cc1nn(C)c(C)c1CN1CCNCC1.Cl. The molecule has 0 atom stereocenters. The molecule has 1 N–H and O–H groups in total. The normalized spacial score (nSPS) is 17.2. The van der Waals surface area contributed by atoms with Crippen LogP contribution < -0.4 is 5.32 Å². The van der Waals surface area contributed by atoms with Gasteiger partial charge < -0.3 is 5.32 Å². The fourth-order valence-electron chi connectivity index (χ4n) is 2.14. The monoisotopic (exact) mass is 244 g/mol. The molecule has 16 heavy (non-hydrogen) atoms. The van der Waals surface area contributed by atoms with Gasteiger partial charge in [-0.15, -0.1) is 12.4 Å². The van der Waals surface area contributed by atoms with Crippen molar-refractivity contribution < 1.29 is 0 Å². The largest absolute Gasteiger partial charge is 0.314 e. The minimum absolute atomic E-state index is 0. The minimum Gasteiger partial charge on any atom is -0.314 e. The van der Waals surface area contributed by atoms with E-state index in [-0.39, 0.29) is 12.4 Å². The predicted octanol–water partition coefficient (Wildman–Crippen LogP) is 0.864. The number of hydrogen-bond acceptors (Lipinski definition) is 3. The Kier molecular flexibility index (Phi) is 4.77. The summed E-state index contributed by atoms with van der Waals surface area (Å²) in [7, 11) is 2.02. The van der Waals surface area contributed by atoms with Gasteiger partial charge >= 0.3 is 0 Å². The average Bonchev–Trinajstić information content (AvgIpc) is 2.47. The second-order valence-corrected chi connectivity index (χ2v) is 4.30. The van der Waals surface area contributed by atoms with Crippen LogP contribution in [-0.2, 0) is 13.6 Å². The summed E-state index contributed by atoms with van der Waals surface area (Å²) >= 11 is 0. The zero-order valence-corrected chi connectivity index (χ0v) is 11.1. The fourth-order valence-corrected chi connectivity index (χ4v) is 2.14. The highest BCUT2D eigenvalue weighted by atomic mass is 35.5. The summed E-state index contributed by atoms with van der Waals surface area (Å²) in [6, 6.07) is 0. The van der Waals surface area contributed by atoms with Crippen molar-refractivity contribution in [1.82, 2.24) is 20.0 Å². The Labute approximate surface area is 103 Å². The first kappa shape index (κ1) is 13.5. The fraction of sp³-hybridized carbons (Fsp3) is 0.727. The standard InChI is InChI=1S/C11H20N4.ClH/c1-9-11(10(2)14(3)13-9)8-15-6-4-12-5-7-15;/h12H,4-8H2,1-3H3;1H. The highest BCUT2D eigenvalue weighted by molar-refractivity contribution is 5.85. The molecule has 1 saturated heterocycles. The molecule has 2 heterocycles. The van der Waals surface area contributed by atoms with Gasteiger partial charge in [0, 0.05) is 51.0 Å². The number of hydrogen-bond donors (Lipinski definition) is 1. The average molecular weight is 245 g/mol. The number of nitrogens with zero attached hydrogens (tertiary/aromatic N) is 3. The number of piperazine rings is 1. The lowest BCUT2D eigenvalue weighted by Crippen LogP contribution is -2.43. The van der Waals surface area contributed by atoms with Crippen LogP contribution in [0.25, 0.3) is 0 Å². The Hall–Kier alpha value is -0.580. The van der Waals surface area contributed by atoms with Crippen LogP contribution in [0.5, 0.6) is 0 Å². The highest BCUT2D eigenvalue weighted by Gasteiger charge is 2.15. The molecule has 1 aromatic rings. The molecule has 0 aromatic carbocycles. The summed E-state index contributed by atoms with van der Waals surface area (Å²) in [4.78, 5) is 2.49. The zero-order chi connectivity index (χ0) is 10.8. The molecule has 2 rings (SSSR count). The van der Waals surface area contributed by atoms with Crippen LogP contribution in [0, 0.1) is 13.8 Å². The van der Waals surface area contributed by atoms with Crippen LogP contribution in [0.1, 0.15) is 17.0 Å². The van der Waals surface area contributed by atoms with Crippen molar-refractivity contribution >= 4 is 12.4 Å². The number of aromatic nitrogens is 2. The first-order chi connectivity index (χ1) is 7.18. The Morgan fingerprint density at radius 1 is 1.25 bits per heavy atom. The molecule has 1 aromatic heterocycles. The third-order valence-electron chi connectivity index (χ3n) is 3.25. The van der Waals surface area contributed by atoms with E-state index >= 15 is 0 Å². The van der Waals surface area contributed by atoms with Gasteiger partial charge in [0.2, 0.25) is 0 Å². The smallest absolute Gasteiger partial charge is 0.0641 e. The summed E-state index contributed by atoms with van der Waals surface area (Å²) in [5.74, 6) is 0. The van der Waals surface area contributed by atoms with E-state index < -0.39 is 0 Å². The predicted molar refractivity (Wildman–Crippen MR) is 68.1 cm³/mol. The molecule has 4 nitrogen and oxygen atoms in total. The molecule has 92 valence electrons. The van der Waals surface area contributed by atoms with Crippen LogP contribution in [-0.4, -0.2) is 40.9 Å². The van der Waals surface area contributed by atoms with Crippen molar-refractivity contribution in [2.75, 3.05) is 26.2 Å². The molecular formula is C11H21ClN4. The van der Waals surface area contributed by atoms with Crippen LogP contribution >= 0.6 is 12.4 Å². The van der Waals surface area contributed by atoms with Crippen molar-refractivity contribution in [2.45, 2.75) is 20.4 Å². The summed E-state index contributed by atoms with van der Waals surface area (Å²) in [6.07, 6.45) is 0. The van der Waals surface area contributed by atoms with E-state index in [9.17, 15) is 0 Å². The Morgan fingerprint density at radius 3 is 2.38 bits per heavy atom. The van der Waals surface area contributed by atoms with E-state index in [1.54, 1.807) is 0 Å². The topological polar surface area (TPSA) is 33.1 Å². The van der Waals surface area contributed by atoms with Gasteiger partial charge in [-0.25, -0.2) is 0 Å². The van der Waals surface area contributed by atoms with Crippen molar-refractivity contribution in [2.24, 2.45) is 7.05 Å². The lowest BCUT2D eigenvalue weighted by atomic mass is 10.1. The molecular weight excluding hydrogens is 224 g/mol. The summed E-state index contributed by atoms with van der Waals surface area (Å²) in [6.45, 7) is 9.81. The number of nitrogens with one attached hydrogen (secondary N) is 1. The Bertz CT molecular complexity index is 342. The van der Waals surface area contributed by atoms with Crippen LogP contribution in [0.2, 0.25) is 0 Å². The maximum Gasteiger partial charge on any atom is 0.0641 e. The molecule has 0 aliphatic carbocycles. The van der Waals surface area contributed by atoms with Gasteiger partial charge in [-0.3, -0.25) is 9.58 Å². The van der Waals surface area contributed by atoms with E-state index in [4.69, 9.17) is 0 Å². The van der Waals surface area contributed by atoms with Gasteiger partial charge in [0.1, 0.15) is 0 Å². The molecule has 5 heteroatoms. The molecule has 1 aliphatic heterocycles. The summed E-state index contributed by atoms with van der Waals surface area (Å²) in [5.41, 5.74) is 3.87. The lowest BCUT2D eigenvalue weighted by molar-refractivity contribution is 0.232. The van der Waals surface area contributed by atoms with Crippen molar-refractivity contribution in [3.63, 3.8) is 0 Å². The zero-order valence-electron chi connectivity index (χ0n) is 10.3. The van der Waals surface area contributed by atoms with Gasteiger partial charge in [0.15, 0.2) is 0 Å². The molecule has 0 saturated carbocycles. The first-order valence-electron chi connectivity index (χ1n) is 5.60. The number of aryl methyl sites for hydroxylation is 2. The molecule has 0 spiro atoms. The molecule has 0 amide bonds. The van der Waals surface area contributed by atoms with Gasteiger partial charge in [0.25, 0.3) is 0 Å². The molecule has 1 fully saturated rings. The van der Waals surface area contributed by atoms with Crippen LogP contribution in [0.4, 0.5) is 0 Å². The molecule has 0 bridgehead atoms. The molecule has 0 radical (unpaired) electrons. The Morgan fingerprint density at radius 2 is 1.88 bits per heavy atom. The van der Waals surface area contributed by atoms with E-state index in [0.717, 1.165) is 32.7 Å². The molecule has 1 aliphatic rings. The van der Waals surface area contributed by atoms with Gasteiger partial charge in [-0.2, -0.15) is 5.10 Å². The second-order valence-electron chi connectivity index (χ2n) is 4.30. The maximum absolute atomic E-state index is 4.45. The van der Waals surface area contributed by atoms with Crippen LogP contribution in [0.3, 0.4) is 0 Å². The lowest BCUT2D eigenvalue weighted by Gasteiger charge is -2.27. The van der Waals surface area contributed by atoms with Gasteiger partial charge in [0.05, 0.1) is 5.69 Å². The number of halogens is 1. The third-order valence-corrected chi connectivity index (χ3v) is 3.25. The van der Waals surface area contributed by atoms with Crippen molar-refractivity contribution in [3.05, 3.63) is 17.0 Å². The maximum atomic E-state index is 4.45. The Balaban J connectivity index is 0.00000128. The van der Waals surface area contributed by atoms with Crippen LogP contribution in [0.15, 0.2) is 0 Å². The van der Waals surface area contributed by atoms with E-state index in [1.807, 2.05) is 11.7 Å². The van der Waals surface area contributed by atoms with Gasteiger partial charge in [-0.05, 0) is 13.8 Å². The number of rotatable bonds is 2. The van der Waals surface area contributed by atoms with Crippen molar-refractivity contribution in [3.8, 4) is 0 Å². The van der Waals surface area contributed by atoms with Gasteiger partial charge in [-0.1, -0.05) is 0 Å². The van der Waals surface area contributed by atoms with E-state index in [1.165, 1.54) is 17.0 Å². The third kappa shape index (κ3) is 2.75. The first-order valence-corrected chi connectivity index (χ1v) is 5.60. The van der Waals surface area contributed by atoms with E-state index in [2.05, 4.69) is 29.2 Å². The minimum atomic E-state index is 0. The summed E-state index contributed by atoms with van der Waals surface area (Å²) in [5, 5.41) is 7.82.